The van der Waals surface area contributed by atoms with Gasteiger partial charge in [0, 0.05) is 24.0 Å². The predicted octanol–water partition coefficient (Wildman–Crippen LogP) is 2.59. The molecule has 29 heavy (non-hydrogen) atoms. The van der Waals surface area contributed by atoms with Crippen LogP contribution < -0.4 is 15.4 Å². The molecule has 0 saturated carbocycles. The highest BCUT2D eigenvalue weighted by Crippen LogP contribution is 2.18. The molecule has 0 bridgehead atoms. The Labute approximate surface area is 171 Å². The summed E-state index contributed by atoms with van der Waals surface area (Å²) in [4.78, 5) is 24.4. The molecule has 0 spiro atoms. The zero-order chi connectivity index (χ0) is 20.6. The Balaban J connectivity index is 1.51. The third-order valence-electron chi connectivity index (χ3n) is 3.77. The van der Waals surface area contributed by atoms with Gasteiger partial charge in [0.05, 0.1) is 12.4 Å². The Morgan fingerprint density at radius 3 is 2.31 bits per heavy atom. The van der Waals surface area contributed by atoms with Crippen LogP contribution in [0.1, 0.15) is 17.3 Å². The van der Waals surface area contributed by atoms with Gasteiger partial charge in [-0.05, 0) is 65.9 Å². The molecule has 2 N–H and O–H groups in total. The lowest BCUT2D eigenvalue weighted by Gasteiger charge is -2.08. The summed E-state index contributed by atoms with van der Waals surface area (Å²) in [6.45, 7) is 2.50. The summed E-state index contributed by atoms with van der Waals surface area (Å²) in [5.41, 5.74) is 1.76. The first kappa shape index (κ1) is 20.3. The molecule has 2 aromatic carbocycles. The minimum Gasteiger partial charge on any atom is -0.494 e. The van der Waals surface area contributed by atoms with E-state index in [1.54, 1.807) is 55.6 Å². The van der Waals surface area contributed by atoms with Crippen molar-refractivity contribution in [2.75, 3.05) is 23.0 Å². The lowest BCUT2D eigenvalue weighted by atomic mass is 10.2. The van der Waals surface area contributed by atoms with E-state index in [1.165, 1.54) is 16.4 Å². The molecular weight excluding hydrogens is 392 g/mol. The standard InChI is InChI=1S/C19H20N6O3S/c1-3-28-16-10-8-15(9-11-16)21-18(27)13-4-6-14(7-5-13)20-17(26)12-29-19-22-23-24-25(19)2/h4-11H,3,12H2,1-2H3,(H,20,26)(H,21,27). The number of nitrogens with one attached hydrogen (secondary N) is 2. The van der Waals surface area contributed by atoms with Crippen LogP contribution in [0, 0.1) is 0 Å². The fourth-order valence-corrected chi connectivity index (χ4v) is 3.03. The highest BCUT2D eigenvalue weighted by atomic mass is 32.2. The fourth-order valence-electron chi connectivity index (χ4n) is 2.38. The molecule has 3 rings (SSSR count). The van der Waals surface area contributed by atoms with E-state index in [1.807, 2.05) is 6.92 Å². The minimum absolute atomic E-state index is 0.175. The Bertz CT molecular complexity index is 972. The first-order chi connectivity index (χ1) is 14.0. The zero-order valence-electron chi connectivity index (χ0n) is 16.0. The van der Waals surface area contributed by atoms with Crippen molar-refractivity contribution in [1.82, 2.24) is 20.2 Å². The maximum atomic E-state index is 12.4. The van der Waals surface area contributed by atoms with Crippen LogP contribution in [0.4, 0.5) is 11.4 Å². The van der Waals surface area contributed by atoms with Crippen LogP contribution in [0.2, 0.25) is 0 Å². The van der Waals surface area contributed by atoms with Crippen LogP contribution >= 0.6 is 11.8 Å². The van der Waals surface area contributed by atoms with Crippen LogP contribution in [0.5, 0.6) is 5.75 Å². The molecule has 0 aliphatic heterocycles. The van der Waals surface area contributed by atoms with E-state index in [0.29, 0.717) is 28.7 Å². The van der Waals surface area contributed by atoms with Gasteiger partial charge in [-0.3, -0.25) is 9.59 Å². The number of carbonyl (C=O) groups is 2. The first-order valence-electron chi connectivity index (χ1n) is 8.84. The highest BCUT2D eigenvalue weighted by molar-refractivity contribution is 7.99. The van der Waals surface area contributed by atoms with Gasteiger partial charge in [0.25, 0.3) is 5.91 Å². The normalized spacial score (nSPS) is 10.4. The van der Waals surface area contributed by atoms with Crippen molar-refractivity contribution in [2.24, 2.45) is 7.05 Å². The van der Waals surface area contributed by atoms with Gasteiger partial charge in [-0.25, -0.2) is 4.68 Å². The molecule has 0 aliphatic carbocycles. The van der Waals surface area contributed by atoms with E-state index in [9.17, 15) is 9.59 Å². The average Bonchev–Trinajstić information content (AvgIpc) is 3.13. The SMILES string of the molecule is CCOc1ccc(NC(=O)c2ccc(NC(=O)CSc3nnnn3C)cc2)cc1. The van der Waals surface area contributed by atoms with E-state index in [4.69, 9.17) is 4.74 Å². The maximum absolute atomic E-state index is 12.4. The van der Waals surface area contributed by atoms with Crippen molar-refractivity contribution in [3.8, 4) is 5.75 Å². The first-order valence-corrected chi connectivity index (χ1v) is 9.83. The summed E-state index contributed by atoms with van der Waals surface area (Å²) in [6.07, 6.45) is 0. The number of benzene rings is 2. The number of aryl methyl sites for hydroxylation is 1. The molecule has 1 heterocycles. The van der Waals surface area contributed by atoms with Gasteiger partial charge < -0.3 is 15.4 Å². The summed E-state index contributed by atoms with van der Waals surface area (Å²) < 4.78 is 6.88. The number of amides is 2. The van der Waals surface area contributed by atoms with Crippen molar-refractivity contribution in [3.05, 3.63) is 54.1 Å². The Morgan fingerprint density at radius 2 is 1.69 bits per heavy atom. The zero-order valence-corrected chi connectivity index (χ0v) is 16.8. The number of hydrogen-bond donors (Lipinski definition) is 2. The van der Waals surface area contributed by atoms with Gasteiger partial charge in [-0.1, -0.05) is 11.8 Å². The molecule has 0 saturated heterocycles. The Morgan fingerprint density at radius 1 is 1.03 bits per heavy atom. The van der Waals surface area contributed by atoms with Crippen LogP contribution in [0.25, 0.3) is 0 Å². The van der Waals surface area contributed by atoms with E-state index in [0.717, 1.165) is 5.75 Å². The Hall–Kier alpha value is -3.40. The number of nitrogens with zero attached hydrogens (tertiary/aromatic N) is 4. The molecule has 0 aliphatic rings. The smallest absolute Gasteiger partial charge is 0.255 e. The number of hydrogen-bond acceptors (Lipinski definition) is 7. The molecule has 0 unspecified atom stereocenters. The lowest BCUT2D eigenvalue weighted by molar-refractivity contribution is -0.113. The predicted molar refractivity (Wildman–Crippen MR) is 110 cm³/mol. The van der Waals surface area contributed by atoms with Crippen molar-refractivity contribution < 1.29 is 14.3 Å². The van der Waals surface area contributed by atoms with Crippen LogP contribution in [-0.2, 0) is 11.8 Å². The molecule has 2 amide bonds. The third-order valence-corrected chi connectivity index (χ3v) is 4.78. The topological polar surface area (TPSA) is 111 Å². The second-order valence-electron chi connectivity index (χ2n) is 5.91. The molecule has 150 valence electrons. The minimum atomic E-state index is -0.239. The molecule has 0 fully saturated rings. The van der Waals surface area contributed by atoms with Gasteiger partial charge in [-0.15, -0.1) is 5.10 Å². The van der Waals surface area contributed by atoms with Gasteiger partial charge in [0.1, 0.15) is 5.75 Å². The van der Waals surface area contributed by atoms with E-state index in [-0.39, 0.29) is 17.6 Å². The van der Waals surface area contributed by atoms with E-state index in [2.05, 4.69) is 26.2 Å². The molecular formula is C19H20N6O3S. The van der Waals surface area contributed by atoms with Crippen molar-refractivity contribution in [2.45, 2.75) is 12.1 Å². The molecule has 0 atom stereocenters. The van der Waals surface area contributed by atoms with E-state index >= 15 is 0 Å². The average molecular weight is 412 g/mol. The number of carbonyl (C=O) groups excluding carboxylic acids is 2. The molecule has 9 nitrogen and oxygen atoms in total. The van der Waals surface area contributed by atoms with Gasteiger partial charge >= 0.3 is 0 Å². The number of tetrazole rings is 1. The summed E-state index contributed by atoms with van der Waals surface area (Å²) in [5.74, 6) is 0.495. The molecule has 3 aromatic rings. The van der Waals surface area contributed by atoms with Crippen molar-refractivity contribution in [3.63, 3.8) is 0 Å². The van der Waals surface area contributed by atoms with Crippen LogP contribution in [0.15, 0.2) is 53.7 Å². The quantitative estimate of drug-likeness (QED) is 0.547. The van der Waals surface area contributed by atoms with Crippen LogP contribution in [0.3, 0.4) is 0 Å². The van der Waals surface area contributed by atoms with Gasteiger partial charge in [0.15, 0.2) is 0 Å². The summed E-state index contributed by atoms with van der Waals surface area (Å²) in [6, 6.07) is 13.8. The van der Waals surface area contributed by atoms with Crippen LogP contribution in [-0.4, -0.2) is 44.4 Å². The lowest BCUT2D eigenvalue weighted by Crippen LogP contribution is -2.15. The van der Waals surface area contributed by atoms with Gasteiger partial charge in [-0.2, -0.15) is 0 Å². The molecule has 0 radical (unpaired) electrons. The van der Waals surface area contributed by atoms with Gasteiger partial charge in [0.2, 0.25) is 11.1 Å². The fraction of sp³-hybridized carbons (Fsp3) is 0.211. The largest absolute Gasteiger partial charge is 0.494 e. The monoisotopic (exact) mass is 412 g/mol. The van der Waals surface area contributed by atoms with E-state index < -0.39 is 0 Å². The number of ether oxygens (including phenoxy) is 1. The van der Waals surface area contributed by atoms with Crippen molar-refractivity contribution >= 4 is 35.0 Å². The third kappa shape index (κ3) is 5.79. The second-order valence-corrected chi connectivity index (χ2v) is 6.85. The summed E-state index contributed by atoms with van der Waals surface area (Å²) >= 11 is 1.24. The number of anilines is 2. The summed E-state index contributed by atoms with van der Waals surface area (Å²) in [5, 5.41) is 17.2. The summed E-state index contributed by atoms with van der Waals surface area (Å²) in [7, 11) is 1.71. The highest BCUT2D eigenvalue weighted by Gasteiger charge is 2.10. The van der Waals surface area contributed by atoms with Crippen molar-refractivity contribution in [1.29, 1.82) is 0 Å². The number of rotatable bonds is 8. The number of thioether (sulfide) groups is 1. The Kier molecular flexibility index (Phi) is 6.80. The molecule has 1 aromatic heterocycles. The molecule has 10 heteroatoms. The number of aromatic nitrogens is 4. The second kappa shape index (κ2) is 9.69. The maximum Gasteiger partial charge on any atom is 0.255 e.